The number of methoxy groups -OCH3 is 1. The number of ether oxygens (including phenoxy) is 1. The Labute approximate surface area is 166 Å². The summed E-state index contributed by atoms with van der Waals surface area (Å²) in [4.78, 5) is 13.1. The van der Waals surface area contributed by atoms with Crippen molar-refractivity contribution in [3.63, 3.8) is 0 Å². The average Bonchev–Trinajstić information content (AvgIpc) is 2.75. The van der Waals surface area contributed by atoms with Crippen molar-refractivity contribution < 1.29 is 4.74 Å². The molecule has 6 nitrogen and oxygen atoms in total. The Bertz CT molecular complexity index is 856. The highest BCUT2D eigenvalue weighted by Crippen LogP contribution is 2.29. The molecule has 146 valence electrons. The molecule has 0 saturated carbocycles. The maximum absolute atomic E-state index is 5.56. The summed E-state index contributed by atoms with van der Waals surface area (Å²) in [6.45, 7) is 5.08. The molecule has 0 unspecified atom stereocenters. The van der Waals surface area contributed by atoms with E-state index in [1.165, 1.54) is 11.1 Å². The molecule has 0 radical (unpaired) electrons. The van der Waals surface area contributed by atoms with Gasteiger partial charge < -0.3 is 15.4 Å². The van der Waals surface area contributed by atoms with Crippen LogP contribution in [0, 0.1) is 0 Å². The highest BCUT2D eigenvalue weighted by atomic mass is 16.5. The quantitative estimate of drug-likeness (QED) is 0.576. The summed E-state index contributed by atoms with van der Waals surface area (Å²) in [5, 5.41) is 6.57. The first-order valence-electron chi connectivity index (χ1n) is 9.66. The Hall–Kier alpha value is -3.15. The standard InChI is InChI=1S/C22H27N5O/c1-4-17-12-18(13-20(28-3)19(17)5-2)27-22-25-14-16(15-26-22)9-11-24-21-8-6-7-10-23-21/h6-8,10,12-15H,4-5,9,11H2,1-3H3,(H,23,24)(H,25,26,27). The number of nitrogens with one attached hydrogen (secondary N) is 2. The molecule has 1 aromatic carbocycles. The van der Waals surface area contributed by atoms with Gasteiger partial charge in [-0.15, -0.1) is 0 Å². The topological polar surface area (TPSA) is 72.0 Å². The summed E-state index contributed by atoms with van der Waals surface area (Å²) in [5.41, 5.74) is 4.55. The van der Waals surface area contributed by atoms with E-state index >= 15 is 0 Å². The molecule has 0 atom stereocenters. The van der Waals surface area contributed by atoms with E-state index < -0.39 is 0 Å². The van der Waals surface area contributed by atoms with Crippen molar-refractivity contribution in [2.75, 3.05) is 24.3 Å². The first-order chi connectivity index (χ1) is 13.7. The van der Waals surface area contributed by atoms with Crippen LogP contribution in [0.15, 0.2) is 48.9 Å². The SMILES string of the molecule is CCc1cc(Nc2ncc(CCNc3ccccn3)cn2)cc(OC)c1CC. The lowest BCUT2D eigenvalue weighted by Gasteiger charge is -2.15. The molecular weight excluding hydrogens is 350 g/mol. The Balaban J connectivity index is 1.62. The van der Waals surface area contributed by atoms with Crippen LogP contribution in [0.5, 0.6) is 5.75 Å². The number of anilines is 3. The monoisotopic (exact) mass is 377 g/mol. The lowest BCUT2D eigenvalue weighted by molar-refractivity contribution is 0.409. The molecule has 28 heavy (non-hydrogen) atoms. The smallest absolute Gasteiger partial charge is 0.227 e. The molecule has 3 rings (SSSR count). The molecule has 0 saturated heterocycles. The molecule has 2 N–H and O–H groups in total. The van der Waals surface area contributed by atoms with Crippen LogP contribution < -0.4 is 15.4 Å². The minimum Gasteiger partial charge on any atom is -0.496 e. The van der Waals surface area contributed by atoms with Crippen molar-refractivity contribution in [2.45, 2.75) is 33.1 Å². The Morgan fingerprint density at radius 3 is 2.46 bits per heavy atom. The van der Waals surface area contributed by atoms with Crippen molar-refractivity contribution in [2.24, 2.45) is 0 Å². The number of rotatable bonds is 9. The van der Waals surface area contributed by atoms with Gasteiger partial charge in [0.05, 0.1) is 7.11 Å². The third-order valence-electron chi connectivity index (χ3n) is 4.60. The first kappa shape index (κ1) is 19.6. The Kier molecular flexibility index (Phi) is 6.78. The fourth-order valence-corrected chi connectivity index (χ4v) is 3.15. The minimum absolute atomic E-state index is 0.579. The van der Waals surface area contributed by atoms with Gasteiger partial charge in [-0.25, -0.2) is 15.0 Å². The zero-order valence-corrected chi connectivity index (χ0v) is 16.7. The second-order valence-corrected chi connectivity index (χ2v) is 6.45. The van der Waals surface area contributed by atoms with Gasteiger partial charge in [0.2, 0.25) is 5.95 Å². The van der Waals surface area contributed by atoms with Crippen LogP contribution in [-0.4, -0.2) is 28.6 Å². The molecule has 3 aromatic rings. The van der Waals surface area contributed by atoms with Crippen molar-refractivity contribution in [3.05, 3.63) is 65.6 Å². The van der Waals surface area contributed by atoms with Gasteiger partial charge in [0, 0.05) is 36.9 Å². The first-order valence-corrected chi connectivity index (χ1v) is 9.66. The normalized spacial score (nSPS) is 10.5. The number of aromatic nitrogens is 3. The van der Waals surface area contributed by atoms with Gasteiger partial charge in [0.1, 0.15) is 11.6 Å². The molecule has 0 aliphatic heterocycles. The minimum atomic E-state index is 0.579. The predicted molar refractivity (Wildman–Crippen MR) is 113 cm³/mol. The van der Waals surface area contributed by atoms with Crippen molar-refractivity contribution in [3.8, 4) is 5.75 Å². The summed E-state index contributed by atoms with van der Waals surface area (Å²) in [6, 6.07) is 9.97. The molecule has 0 spiro atoms. The second kappa shape index (κ2) is 9.69. The van der Waals surface area contributed by atoms with Crippen LogP contribution in [-0.2, 0) is 19.3 Å². The highest BCUT2D eigenvalue weighted by Gasteiger charge is 2.10. The Morgan fingerprint density at radius 1 is 1.00 bits per heavy atom. The summed E-state index contributed by atoms with van der Waals surface area (Å²) in [6.07, 6.45) is 8.22. The van der Waals surface area contributed by atoms with E-state index in [2.05, 4.69) is 45.5 Å². The van der Waals surface area contributed by atoms with E-state index in [1.54, 1.807) is 13.3 Å². The fourth-order valence-electron chi connectivity index (χ4n) is 3.15. The van der Waals surface area contributed by atoms with Crippen LogP contribution >= 0.6 is 0 Å². The van der Waals surface area contributed by atoms with E-state index in [1.807, 2.05) is 36.7 Å². The lowest BCUT2D eigenvalue weighted by atomic mass is 10.0. The fraction of sp³-hybridized carbons (Fsp3) is 0.318. The summed E-state index contributed by atoms with van der Waals surface area (Å²) >= 11 is 0. The largest absolute Gasteiger partial charge is 0.496 e. The van der Waals surface area contributed by atoms with Gasteiger partial charge in [-0.2, -0.15) is 0 Å². The van der Waals surface area contributed by atoms with Gasteiger partial charge in [-0.05, 0) is 54.2 Å². The molecule has 0 aliphatic rings. The molecule has 2 heterocycles. The van der Waals surface area contributed by atoms with Crippen molar-refractivity contribution in [1.29, 1.82) is 0 Å². The summed E-state index contributed by atoms with van der Waals surface area (Å²) in [5.74, 6) is 2.36. The van der Waals surface area contributed by atoms with Gasteiger partial charge in [0.25, 0.3) is 0 Å². The Morgan fingerprint density at radius 2 is 1.82 bits per heavy atom. The van der Waals surface area contributed by atoms with E-state index in [4.69, 9.17) is 4.74 Å². The van der Waals surface area contributed by atoms with Gasteiger partial charge >= 0.3 is 0 Å². The van der Waals surface area contributed by atoms with Gasteiger partial charge in [-0.3, -0.25) is 0 Å². The number of hydrogen-bond acceptors (Lipinski definition) is 6. The summed E-state index contributed by atoms with van der Waals surface area (Å²) < 4.78 is 5.56. The maximum Gasteiger partial charge on any atom is 0.227 e. The molecule has 0 bridgehead atoms. The number of hydrogen-bond donors (Lipinski definition) is 2. The number of aryl methyl sites for hydroxylation is 1. The van der Waals surface area contributed by atoms with E-state index in [0.29, 0.717) is 5.95 Å². The third kappa shape index (κ3) is 4.97. The van der Waals surface area contributed by atoms with Crippen LogP contribution in [0.4, 0.5) is 17.5 Å². The van der Waals surface area contributed by atoms with Crippen LogP contribution in [0.1, 0.15) is 30.5 Å². The summed E-state index contributed by atoms with van der Waals surface area (Å²) in [7, 11) is 1.71. The molecule has 6 heteroatoms. The van der Waals surface area contributed by atoms with Crippen LogP contribution in [0.3, 0.4) is 0 Å². The maximum atomic E-state index is 5.56. The molecule has 0 fully saturated rings. The zero-order valence-electron chi connectivity index (χ0n) is 16.7. The van der Waals surface area contributed by atoms with E-state index in [0.717, 1.165) is 48.6 Å². The molecule has 0 aliphatic carbocycles. The number of benzene rings is 1. The van der Waals surface area contributed by atoms with E-state index in [-0.39, 0.29) is 0 Å². The van der Waals surface area contributed by atoms with Crippen LogP contribution in [0.2, 0.25) is 0 Å². The molecular formula is C22H27N5O. The van der Waals surface area contributed by atoms with E-state index in [9.17, 15) is 0 Å². The van der Waals surface area contributed by atoms with Gasteiger partial charge in [-0.1, -0.05) is 19.9 Å². The lowest BCUT2D eigenvalue weighted by Crippen LogP contribution is -2.07. The third-order valence-corrected chi connectivity index (χ3v) is 4.60. The molecule has 0 amide bonds. The number of nitrogens with zero attached hydrogens (tertiary/aromatic N) is 3. The van der Waals surface area contributed by atoms with Crippen molar-refractivity contribution >= 4 is 17.5 Å². The number of pyridine rings is 1. The molecule has 2 aromatic heterocycles. The predicted octanol–water partition coefficient (Wildman–Crippen LogP) is 4.40. The van der Waals surface area contributed by atoms with Crippen molar-refractivity contribution in [1.82, 2.24) is 15.0 Å². The zero-order chi connectivity index (χ0) is 19.8. The van der Waals surface area contributed by atoms with Crippen LogP contribution in [0.25, 0.3) is 0 Å². The highest BCUT2D eigenvalue weighted by molar-refractivity contribution is 5.60. The second-order valence-electron chi connectivity index (χ2n) is 6.45. The average molecular weight is 377 g/mol. The van der Waals surface area contributed by atoms with Gasteiger partial charge in [0.15, 0.2) is 0 Å².